The van der Waals surface area contributed by atoms with Gasteiger partial charge in [-0.2, -0.15) is 0 Å². The summed E-state index contributed by atoms with van der Waals surface area (Å²) in [6, 6.07) is 9.49. The van der Waals surface area contributed by atoms with Gasteiger partial charge in [0.15, 0.2) is 5.54 Å². The molecule has 2 atom stereocenters. The van der Waals surface area contributed by atoms with E-state index in [2.05, 4.69) is 0 Å². The highest BCUT2D eigenvalue weighted by atomic mass is 16.6. The van der Waals surface area contributed by atoms with Gasteiger partial charge in [-0.05, 0) is 31.4 Å². The number of cyclic esters (lactones) is 1. The Kier molecular flexibility index (Phi) is 4.10. The predicted octanol–water partition coefficient (Wildman–Crippen LogP) is 3.29. The molecule has 22 heavy (non-hydrogen) atoms. The number of ether oxygens (including phenoxy) is 1. The molecule has 4 heteroatoms. The van der Waals surface area contributed by atoms with Gasteiger partial charge in [0.2, 0.25) is 5.90 Å². The second-order valence-electron chi connectivity index (χ2n) is 6.18. The van der Waals surface area contributed by atoms with Crippen molar-refractivity contribution in [1.82, 2.24) is 0 Å². The summed E-state index contributed by atoms with van der Waals surface area (Å²) in [5.74, 6) is 0.329. The normalized spacial score (nSPS) is 28.4. The lowest BCUT2D eigenvalue weighted by Crippen LogP contribution is -2.44. The second-order valence-corrected chi connectivity index (χ2v) is 6.18. The molecular formula is C18H21NO3. The van der Waals surface area contributed by atoms with E-state index in [0.717, 1.165) is 24.8 Å². The van der Waals surface area contributed by atoms with Crippen LogP contribution in [-0.4, -0.2) is 23.2 Å². The van der Waals surface area contributed by atoms with Crippen LogP contribution in [0.25, 0.3) is 0 Å². The van der Waals surface area contributed by atoms with Crippen LogP contribution in [-0.2, 0) is 14.3 Å². The average molecular weight is 299 g/mol. The molecule has 1 aromatic carbocycles. The molecule has 1 aromatic rings. The molecule has 4 nitrogen and oxygen atoms in total. The van der Waals surface area contributed by atoms with E-state index in [4.69, 9.17) is 9.73 Å². The van der Waals surface area contributed by atoms with Gasteiger partial charge in [-0.3, -0.25) is 4.79 Å². The number of Topliss-reactive ketones (excluding diaryl/α,β-unsaturated/α-hetero) is 1. The van der Waals surface area contributed by atoms with Crippen molar-refractivity contribution in [3.8, 4) is 0 Å². The summed E-state index contributed by atoms with van der Waals surface area (Å²) >= 11 is 0. The lowest BCUT2D eigenvalue weighted by atomic mass is 9.72. The third-order valence-electron chi connectivity index (χ3n) is 4.65. The molecule has 2 aliphatic rings. The Labute approximate surface area is 130 Å². The van der Waals surface area contributed by atoms with Crippen LogP contribution in [0.15, 0.2) is 35.3 Å². The molecule has 116 valence electrons. The van der Waals surface area contributed by atoms with Crippen molar-refractivity contribution in [3.05, 3.63) is 35.9 Å². The van der Waals surface area contributed by atoms with Gasteiger partial charge in [0.05, 0.1) is 0 Å². The summed E-state index contributed by atoms with van der Waals surface area (Å²) in [6.07, 6.45) is 4.26. The van der Waals surface area contributed by atoms with Crippen LogP contribution in [0.5, 0.6) is 0 Å². The maximum Gasteiger partial charge on any atom is 0.341 e. The van der Waals surface area contributed by atoms with Gasteiger partial charge in [0, 0.05) is 24.3 Å². The van der Waals surface area contributed by atoms with Crippen LogP contribution in [0.3, 0.4) is 0 Å². The summed E-state index contributed by atoms with van der Waals surface area (Å²) in [7, 11) is 0. The molecule has 0 N–H and O–H groups in total. The van der Waals surface area contributed by atoms with Crippen LogP contribution in [0, 0.1) is 5.92 Å². The zero-order chi connectivity index (χ0) is 15.6. The molecule has 0 spiro atoms. The second kappa shape index (κ2) is 6.03. The first-order chi connectivity index (χ1) is 10.7. The first-order valence-corrected chi connectivity index (χ1v) is 8.05. The first-order valence-electron chi connectivity index (χ1n) is 8.05. The van der Waals surface area contributed by atoms with Crippen molar-refractivity contribution in [1.29, 1.82) is 0 Å². The summed E-state index contributed by atoms with van der Waals surface area (Å²) in [4.78, 5) is 29.2. The fraction of sp³-hybridized carbons (Fsp3) is 0.500. The molecule has 0 saturated heterocycles. The minimum atomic E-state index is -0.865. The first kappa shape index (κ1) is 14.9. The van der Waals surface area contributed by atoms with E-state index < -0.39 is 5.54 Å². The number of aliphatic imine (C=N–C) groups is 1. The average Bonchev–Trinajstić information content (AvgIpc) is 2.87. The van der Waals surface area contributed by atoms with Gasteiger partial charge in [-0.25, -0.2) is 9.79 Å². The van der Waals surface area contributed by atoms with Crippen molar-refractivity contribution in [2.45, 2.75) is 51.0 Å². The van der Waals surface area contributed by atoms with Gasteiger partial charge in [-0.1, -0.05) is 31.5 Å². The highest BCUT2D eigenvalue weighted by Gasteiger charge is 2.52. The number of nitrogens with zero attached hydrogens (tertiary/aromatic N) is 1. The molecule has 3 rings (SSSR count). The van der Waals surface area contributed by atoms with E-state index in [1.54, 1.807) is 0 Å². The monoisotopic (exact) mass is 299 g/mol. The van der Waals surface area contributed by atoms with Crippen molar-refractivity contribution in [2.75, 3.05) is 0 Å². The van der Waals surface area contributed by atoms with E-state index in [-0.39, 0.29) is 17.7 Å². The standard InChI is InChI=1S/C18H21NO3/c1-2-11-18(14-9-6-10-15(20)12-14)17(21)22-16(19-18)13-7-4-3-5-8-13/h3-5,7-8,14H,2,6,9-12H2,1H3/t14-,18+/m0/s1. The molecule has 1 saturated carbocycles. The molecular weight excluding hydrogens is 278 g/mol. The van der Waals surface area contributed by atoms with Crippen molar-refractivity contribution >= 4 is 17.7 Å². The largest absolute Gasteiger partial charge is 0.405 e. The van der Waals surface area contributed by atoms with Gasteiger partial charge >= 0.3 is 5.97 Å². The number of carbonyl (C=O) groups is 2. The lowest BCUT2D eigenvalue weighted by Gasteiger charge is -2.33. The van der Waals surface area contributed by atoms with Crippen LogP contribution in [0.1, 0.15) is 51.0 Å². The summed E-state index contributed by atoms with van der Waals surface area (Å²) < 4.78 is 5.50. The molecule has 0 amide bonds. The zero-order valence-electron chi connectivity index (χ0n) is 12.9. The van der Waals surface area contributed by atoms with Crippen molar-refractivity contribution in [2.24, 2.45) is 10.9 Å². The van der Waals surface area contributed by atoms with Crippen LogP contribution >= 0.6 is 0 Å². The molecule has 1 fully saturated rings. The SMILES string of the molecule is CCC[C@]1([C@H]2CCCC(=O)C2)N=C(c2ccccc2)OC1=O. The zero-order valence-corrected chi connectivity index (χ0v) is 12.9. The molecule has 0 unspecified atom stereocenters. The van der Waals surface area contributed by atoms with E-state index in [1.807, 2.05) is 37.3 Å². The Balaban J connectivity index is 1.97. The smallest absolute Gasteiger partial charge is 0.341 e. The highest BCUT2D eigenvalue weighted by Crippen LogP contribution is 2.41. The van der Waals surface area contributed by atoms with Crippen LogP contribution in [0.2, 0.25) is 0 Å². The minimum absolute atomic E-state index is 0.0255. The van der Waals surface area contributed by atoms with E-state index in [1.165, 1.54) is 0 Å². The van der Waals surface area contributed by atoms with Crippen LogP contribution in [0.4, 0.5) is 0 Å². The van der Waals surface area contributed by atoms with Gasteiger partial charge in [0.1, 0.15) is 5.78 Å². The predicted molar refractivity (Wildman–Crippen MR) is 83.7 cm³/mol. The number of esters is 1. The summed E-state index contributed by atoms with van der Waals surface area (Å²) in [5, 5.41) is 0. The summed E-state index contributed by atoms with van der Waals surface area (Å²) in [5.41, 5.74) is -0.0494. The lowest BCUT2D eigenvalue weighted by molar-refractivity contribution is -0.142. The number of hydrogen-bond donors (Lipinski definition) is 0. The van der Waals surface area contributed by atoms with Crippen molar-refractivity contribution < 1.29 is 14.3 Å². The maximum atomic E-state index is 12.6. The van der Waals surface area contributed by atoms with Gasteiger partial charge in [-0.15, -0.1) is 0 Å². The summed E-state index contributed by atoms with van der Waals surface area (Å²) in [6.45, 7) is 2.04. The van der Waals surface area contributed by atoms with E-state index in [9.17, 15) is 9.59 Å². The number of hydrogen-bond acceptors (Lipinski definition) is 4. The Bertz CT molecular complexity index is 608. The van der Waals surface area contributed by atoms with E-state index >= 15 is 0 Å². The van der Waals surface area contributed by atoms with Gasteiger partial charge in [0.25, 0.3) is 0 Å². The Hall–Kier alpha value is -1.97. The third-order valence-corrected chi connectivity index (χ3v) is 4.65. The Morgan fingerprint density at radius 1 is 1.27 bits per heavy atom. The topological polar surface area (TPSA) is 55.7 Å². The molecule has 0 radical (unpaired) electrons. The van der Waals surface area contributed by atoms with Crippen molar-refractivity contribution in [3.63, 3.8) is 0 Å². The quantitative estimate of drug-likeness (QED) is 0.802. The molecule has 0 bridgehead atoms. The molecule has 1 aliphatic carbocycles. The highest BCUT2D eigenvalue weighted by molar-refractivity contribution is 6.08. The molecule has 1 heterocycles. The fourth-order valence-electron chi connectivity index (χ4n) is 3.56. The Morgan fingerprint density at radius 3 is 2.73 bits per heavy atom. The number of ketones is 1. The van der Waals surface area contributed by atoms with Crippen LogP contribution < -0.4 is 0 Å². The maximum absolute atomic E-state index is 12.6. The number of rotatable bonds is 4. The molecule has 1 aliphatic heterocycles. The number of benzene rings is 1. The Morgan fingerprint density at radius 2 is 2.05 bits per heavy atom. The number of carbonyl (C=O) groups excluding carboxylic acids is 2. The minimum Gasteiger partial charge on any atom is -0.405 e. The third kappa shape index (κ3) is 2.58. The fourth-order valence-corrected chi connectivity index (χ4v) is 3.56. The van der Waals surface area contributed by atoms with E-state index in [0.29, 0.717) is 25.2 Å². The molecule has 0 aromatic heterocycles. The van der Waals surface area contributed by atoms with Gasteiger partial charge < -0.3 is 4.74 Å².